The fraction of sp³-hybridized carbons (Fsp3) is 0.241. The second-order valence-electron chi connectivity index (χ2n) is 8.43. The molecule has 39 heavy (non-hydrogen) atoms. The first-order valence-corrected chi connectivity index (χ1v) is 11.6. The first kappa shape index (κ1) is 29.9. The maximum absolute atomic E-state index is 14.0. The number of rotatable bonds is 10. The average Bonchev–Trinajstić information content (AvgIpc) is 3.39. The molecule has 0 unspecified atom stereocenters. The maximum atomic E-state index is 14.0. The summed E-state index contributed by atoms with van der Waals surface area (Å²) >= 11 is 0. The van der Waals surface area contributed by atoms with Crippen molar-refractivity contribution in [3.05, 3.63) is 76.4 Å². The van der Waals surface area contributed by atoms with E-state index in [0.717, 1.165) is 5.56 Å². The number of carbonyl (C=O) groups excluding carboxylic acids is 2. The number of benzene rings is 3. The number of carbonyl (C=O) groups is 2. The second-order valence-corrected chi connectivity index (χ2v) is 8.43. The van der Waals surface area contributed by atoms with Gasteiger partial charge in [-0.2, -0.15) is 0 Å². The van der Waals surface area contributed by atoms with Gasteiger partial charge in [0.15, 0.2) is 28.8 Å². The molecule has 3 aromatic rings. The number of ketones is 1. The molecule has 0 saturated carbocycles. The van der Waals surface area contributed by atoms with Gasteiger partial charge in [-0.1, -0.05) is 6.07 Å². The second kappa shape index (κ2) is 12.9. The van der Waals surface area contributed by atoms with Crippen LogP contribution in [0.15, 0.2) is 54.1 Å². The van der Waals surface area contributed by atoms with Gasteiger partial charge in [0.25, 0.3) is 0 Å². The summed E-state index contributed by atoms with van der Waals surface area (Å²) in [6, 6.07) is 12.9. The van der Waals surface area contributed by atoms with Crippen LogP contribution in [0.3, 0.4) is 0 Å². The quantitative estimate of drug-likeness (QED) is 0.204. The van der Waals surface area contributed by atoms with E-state index in [0.29, 0.717) is 45.6 Å². The van der Waals surface area contributed by atoms with Crippen molar-refractivity contribution in [1.82, 2.24) is 0 Å². The molecule has 198 valence electrons. The Morgan fingerprint density at radius 1 is 0.795 bits per heavy atom. The fourth-order valence-corrected chi connectivity index (χ4v) is 4.39. The molecule has 0 N–H and O–H groups in total. The molecule has 3 aromatic carbocycles. The Hall–Kier alpha value is -3.66. The number of carboxylic acids is 1. The third-order valence-corrected chi connectivity index (χ3v) is 6.20. The molecule has 0 atom stereocenters. The normalized spacial score (nSPS) is 12.1. The Kier molecular flexibility index (Phi) is 9.91. The predicted molar refractivity (Wildman–Crippen MR) is 136 cm³/mol. The number of Topliss-reactive ketones (excluding diaryl/α,β-unsaturated/α-hetero) is 1. The molecule has 0 aliphatic carbocycles. The van der Waals surface area contributed by atoms with E-state index in [1.54, 1.807) is 49.4 Å². The van der Waals surface area contributed by atoms with Crippen molar-refractivity contribution in [2.75, 3.05) is 35.2 Å². The summed E-state index contributed by atoms with van der Waals surface area (Å²) in [6.45, 7) is 1.82. The van der Waals surface area contributed by atoms with Crippen LogP contribution < -0.4 is 63.1 Å². The molecule has 1 heterocycles. The van der Waals surface area contributed by atoms with E-state index < -0.39 is 11.8 Å². The molecule has 0 spiro atoms. The number of ether oxygens (including phenoxy) is 6. The van der Waals surface area contributed by atoms with Gasteiger partial charge in [-0.3, -0.25) is 4.79 Å². The number of methoxy groups -OCH3 is 4. The van der Waals surface area contributed by atoms with E-state index in [1.807, 2.05) is 0 Å². The summed E-state index contributed by atoms with van der Waals surface area (Å²) in [5.41, 5.74) is 1.56. The van der Waals surface area contributed by atoms with Crippen LogP contribution >= 0.6 is 0 Å². The van der Waals surface area contributed by atoms with Crippen LogP contribution in [-0.4, -0.2) is 47.0 Å². The van der Waals surface area contributed by atoms with Gasteiger partial charge in [0, 0.05) is 23.1 Å². The van der Waals surface area contributed by atoms with Crippen LogP contribution in [0.2, 0.25) is 0 Å². The van der Waals surface area contributed by atoms with Crippen molar-refractivity contribution >= 4 is 17.3 Å². The first-order chi connectivity index (χ1) is 18.3. The van der Waals surface area contributed by atoms with Gasteiger partial charge in [-0.25, -0.2) is 0 Å². The number of hydrogen-bond acceptors (Lipinski definition) is 9. The van der Waals surface area contributed by atoms with Crippen molar-refractivity contribution < 1.29 is 72.7 Å². The number of aryl methyl sites for hydroxylation is 1. The molecule has 0 bridgehead atoms. The standard InChI is InChI=1S/C29H28O9.Na/c1-16-10-19(7-8-21(16)33-2)27(30)20(11-17-12-24(34-3)28(36-5)25(13-17)35-4)26(29(31)32)18-6-9-22-23(14-18)38-15-37-22;/h6-10,12-14H,11,15H2,1-5H3,(H,31,32);/q;+1/p-1/b26-20+;. The average molecular weight is 543 g/mol. The predicted octanol–water partition coefficient (Wildman–Crippen LogP) is 0.391. The summed E-state index contributed by atoms with van der Waals surface area (Å²) in [6.07, 6.45) is -0.0711. The van der Waals surface area contributed by atoms with Crippen LogP contribution in [0.4, 0.5) is 0 Å². The molecular weight excluding hydrogens is 515 g/mol. The first-order valence-electron chi connectivity index (χ1n) is 11.6. The van der Waals surface area contributed by atoms with Crippen LogP contribution in [0.5, 0.6) is 34.5 Å². The zero-order valence-corrected chi connectivity index (χ0v) is 24.7. The van der Waals surface area contributed by atoms with Crippen molar-refractivity contribution in [3.63, 3.8) is 0 Å². The molecule has 0 amide bonds. The number of carboxylic acid groups (broad SMARTS) is 1. The maximum Gasteiger partial charge on any atom is 1.00 e. The Labute approximate surface area is 248 Å². The Balaban J connectivity index is 0.00000420. The van der Waals surface area contributed by atoms with Crippen molar-refractivity contribution in [1.29, 1.82) is 0 Å². The van der Waals surface area contributed by atoms with E-state index >= 15 is 0 Å². The van der Waals surface area contributed by atoms with Crippen LogP contribution in [0, 0.1) is 6.92 Å². The van der Waals surface area contributed by atoms with Gasteiger partial charge >= 0.3 is 29.6 Å². The molecule has 10 heteroatoms. The molecule has 9 nitrogen and oxygen atoms in total. The summed E-state index contributed by atoms with van der Waals surface area (Å²) in [5, 5.41) is 12.6. The van der Waals surface area contributed by atoms with Crippen molar-refractivity contribution in [3.8, 4) is 34.5 Å². The third-order valence-electron chi connectivity index (χ3n) is 6.20. The summed E-state index contributed by atoms with van der Waals surface area (Å²) < 4.78 is 32.4. The third kappa shape index (κ3) is 6.16. The number of allylic oxidation sites excluding steroid dienone is 1. The minimum absolute atomic E-state index is 0. The molecule has 1 aliphatic rings. The largest absolute Gasteiger partial charge is 1.00 e. The summed E-state index contributed by atoms with van der Waals surface area (Å²) in [4.78, 5) is 26.6. The molecule has 0 aromatic heterocycles. The van der Waals surface area contributed by atoms with Gasteiger partial charge in [0.05, 0.1) is 34.4 Å². The van der Waals surface area contributed by atoms with E-state index in [9.17, 15) is 14.7 Å². The van der Waals surface area contributed by atoms with Crippen LogP contribution in [0.1, 0.15) is 27.0 Å². The van der Waals surface area contributed by atoms with Crippen LogP contribution in [-0.2, 0) is 11.2 Å². The zero-order chi connectivity index (χ0) is 27.4. The smallest absolute Gasteiger partial charge is 0.545 e. The molecular formula is C29H27NaO9. The number of aliphatic carboxylic acids is 1. The van der Waals surface area contributed by atoms with Crippen molar-refractivity contribution in [2.45, 2.75) is 13.3 Å². The van der Waals surface area contributed by atoms with Gasteiger partial charge in [0.2, 0.25) is 12.5 Å². The van der Waals surface area contributed by atoms with Crippen molar-refractivity contribution in [2.24, 2.45) is 0 Å². The molecule has 1 aliphatic heterocycles. The molecule has 0 saturated heterocycles. The number of fused-ring (bicyclic) bond motifs is 1. The fourth-order valence-electron chi connectivity index (χ4n) is 4.39. The molecule has 4 rings (SSSR count). The van der Waals surface area contributed by atoms with E-state index in [1.165, 1.54) is 34.5 Å². The molecule has 0 fully saturated rings. The van der Waals surface area contributed by atoms with Gasteiger partial charge < -0.3 is 38.3 Å². The zero-order valence-electron chi connectivity index (χ0n) is 22.7. The van der Waals surface area contributed by atoms with Gasteiger partial charge in [-0.15, -0.1) is 0 Å². The Morgan fingerprint density at radius 2 is 1.41 bits per heavy atom. The Bertz CT molecular complexity index is 1400. The van der Waals surface area contributed by atoms with Crippen LogP contribution in [0.25, 0.3) is 5.57 Å². The minimum Gasteiger partial charge on any atom is -0.545 e. The SMILES string of the molecule is COc1ccc(C(=O)/C(Cc2cc(OC)c(OC)c(OC)c2)=C(/C(=O)[O-])c2ccc3c(c2)OCO3)cc1C.[Na+]. The molecule has 0 radical (unpaired) electrons. The van der Waals surface area contributed by atoms with E-state index in [2.05, 4.69) is 0 Å². The monoisotopic (exact) mass is 542 g/mol. The minimum atomic E-state index is -1.51. The Morgan fingerprint density at radius 3 is 1.97 bits per heavy atom. The van der Waals surface area contributed by atoms with Gasteiger partial charge in [0.1, 0.15) is 5.75 Å². The van der Waals surface area contributed by atoms with Gasteiger partial charge in [-0.05, 0) is 66.1 Å². The summed E-state index contributed by atoms with van der Waals surface area (Å²) in [7, 11) is 5.97. The summed E-state index contributed by atoms with van der Waals surface area (Å²) in [5.74, 6) is 0.575. The topological polar surface area (TPSA) is 113 Å². The van der Waals surface area contributed by atoms with E-state index in [4.69, 9.17) is 28.4 Å². The van der Waals surface area contributed by atoms with E-state index in [-0.39, 0.29) is 59.5 Å². The number of hydrogen-bond donors (Lipinski definition) is 0.